The summed E-state index contributed by atoms with van der Waals surface area (Å²) in [5.74, 6) is 5.10. The predicted molar refractivity (Wildman–Crippen MR) is 126 cm³/mol. The van der Waals surface area contributed by atoms with Crippen molar-refractivity contribution in [1.29, 1.82) is 0 Å². The van der Waals surface area contributed by atoms with E-state index in [1.807, 2.05) is 9.71 Å². The third kappa shape index (κ3) is 6.86. The molecule has 0 N–H and O–H groups in total. The molecule has 2 fully saturated rings. The van der Waals surface area contributed by atoms with Gasteiger partial charge in [0.25, 0.3) is 0 Å². The molecule has 0 aromatic carbocycles. The van der Waals surface area contributed by atoms with Crippen LogP contribution >= 0.6 is 30.8 Å². The van der Waals surface area contributed by atoms with Crippen LogP contribution in [0.2, 0.25) is 0 Å². The van der Waals surface area contributed by atoms with E-state index in [0.29, 0.717) is 20.1 Å². The van der Waals surface area contributed by atoms with Gasteiger partial charge in [0, 0.05) is 0 Å². The standard InChI is InChI=1S/C12H28Ge3O4P2S4/c1-5-9-24(10-6-2)20(16-13-17-20)22-14-18-21(19-15-23-21)25(11-7-3)12-8-4/h5-12H2,1-4H3. The molecule has 2 heterocycles. The van der Waals surface area contributed by atoms with Crippen molar-refractivity contribution in [2.75, 3.05) is 23.0 Å². The van der Waals surface area contributed by atoms with Crippen molar-refractivity contribution in [3.05, 3.63) is 0 Å². The summed E-state index contributed by atoms with van der Waals surface area (Å²) in [4.78, 5) is 0. The van der Waals surface area contributed by atoms with E-state index in [4.69, 9.17) is 14.2 Å². The van der Waals surface area contributed by atoms with Gasteiger partial charge in [-0.15, -0.1) is 0 Å². The molecule has 0 amide bonds. The average Bonchev–Trinajstić information content (AvgIpc) is 2.52. The van der Waals surface area contributed by atoms with Crippen LogP contribution < -0.4 is 0 Å². The third-order valence-electron chi connectivity index (χ3n) is 3.29. The minimum absolute atomic E-state index is 0.230. The van der Waals surface area contributed by atoms with E-state index in [1.54, 1.807) is 0 Å². The van der Waals surface area contributed by atoms with Crippen LogP contribution in [0.1, 0.15) is 53.4 Å². The molecule has 2 aliphatic heterocycles. The Morgan fingerprint density at radius 2 is 1.44 bits per heavy atom. The molecule has 0 saturated carbocycles. The summed E-state index contributed by atoms with van der Waals surface area (Å²) in [5.41, 5.74) is -3.24. The molecule has 1 unspecified atom stereocenters. The average molecular weight is 644 g/mol. The first kappa shape index (κ1) is 25.0. The van der Waals surface area contributed by atoms with Gasteiger partial charge >= 0.3 is 187 Å². The summed E-state index contributed by atoms with van der Waals surface area (Å²) < 4.78 is 25.3. The fourth-order valence-corrected chi connectivity index (χ4v) is 73.8. The van der Waals surface area contributed by atoms with Gasteiger partial charge in [-0.2, -0.15) is 0 Å². The van der Waals surface area contributed by atoms with Crippen LogP contribution in [0.4, 0.5) is 0 Å². The first-order valence-corrected chi connectivity index (χ1v) is 27.7. The van der Waals surface area contributed by atoms with E-state index < -0.39 is 42.1 Å². The van der Waals surface area contributed by atoms with Gasteiger partial charge in [-0.1, -0.05) is 0 Å². The van der Waals surface area contributed by atoms with Gasteiger partial charge in [0.05, 0.1) is 0 Å². The van der Waals surface area contributed by atoms with E-state index in [2.05, 4.69) is 37.4 Å². The van der Waals surface area contributed by atoms with Gasteiger partial charge in [-0.3, -0.25) is 0 Å². The summed E-state index contributed by atoms with van der Waals surface area (Å²) in [6.45, 7) is 9.15. The fourth-order valence-electron chi connectivity index (χ4n) is 2.29. The Bertz CT molecular complexity index is 474. The van der Waals surface area contributed by atoms with Crippen LogP contribution in [-0.2, 0) is 34.3 Å². The molecule has 1 atom stereocenters. The van der Waals surface area contributed by atoms with E-state index in [0.717, 1.165) is 0 Å². The fraction of sp³-hybridized carbons (Fsp3) is 1.00. The number of rotatable bonds is 12. The van der Waals surface area contributed by atoms with Gasteiger partial charge in [0.15, 0.2) is 0 Å². The van der Waals surface area contributed by atoms with Gasteiger partial charge in [0.2, 0.25) is 0 Å². The molecule has 13 heteroatoms. The molecule has 2 saturated heterocycles. The molecule has 25 heavy (non-hydrogen) atoms. The maximum atomic E-state index is 6.64. The molecule has 2 rings (SSSR count). The van der Waals surface area contributed by atoms with E-state index in [9.17, 15) is 0 Å². The summed E-state index contributed by atoms with van der Waals surface area (Å²) in [6.07, 6.45) is 4.96. The molecule has 0 aromatic heterocycles. The molecule has 0 aliphatic carbocycles. The van der Waals surface area contributed by atoms with Crippen molar-refractivity contribution in [2.24, 2.45) is 0 Å². The zero-order valence-corrected chi connectivity index (χ0v) is 26.7. The Morgan fingerprint density at radius 3 is 1.80 bits per heavy atom. The van der Waals surface area contributed by atoms with E-state index >= 15 is 0 Å². The van der Waals surface area contributed by atoms with Crippen molar-refractivity contribution in [1.82, 2.24) is 0 Å². The SMILES string of the molecule is CCCS(CCC)=P1([S][Ge][O]P2(=S(CCC)CCC)[O][Ge][S]2)[O][Ge][O]1. The van der Waals surface area contributed by atoms with Crippen LogP contribution in [0, 0.1) is 0 Å². The van der Waals surface area contributed by atoms with Crippen molar-refractivity contribution in [3.63, 3.8) is 0 Å². The maximum absolute atomic E-state index is 6.64. The predicted octanol–water partition coefficient (Wildman–Crippen LogP) is 5.38. The molecule has 0 spiro atoms. The van der Waals surface area contributed by atoms with Gasteiger partial charge in [0.1, 0.15) is 0 Å². The van der Waals surface area contributed by atoms with Crippen LogP contribution in [0.15, 0.2) is 0 Å². The number of hydrogen-bond donors (Lipinski definition) is 0. The first-order chi connectivity index (χ1) is 12.2. The third-order valence-corrected chi connectivity index (χ3v) is 58.8. The molecule has 2 aliphatic rings. The molecular formula is C12H28Ge3O4P2S4. The summed E-state index contributed by atoms with van der Waals surface area (Å²) >= 11 is -1.35. The van der Waals surface area contributed by atoms with Crippen molar-refractivity contribution in [2.45, 2.75) is 53.4 Å². The molecular weight excluding hydrogens is 616 g/mol. The Labute approximate surface area is 185 Å². The second kappa shape index (κ2) is 13.2. The Kier molecular flexibility index (Phi) is 13.2. The Morgan fingerprint density at radius 1 is 0.920 bits per heavy atom. The summed E-state index contributed by atoms with van der Waals surface area (Å²) in [6, 6.07) is 0. The minimum atomic E-state index is -1.65. The van der Waals surface area contributed by atoms with Crippen LogP contribution in [0.5, 0.6) is 0 Å². The Hall–Kier alpha value is 3.73. The molecule has 0 bridgehead atoms. The van der Waals surface area contributed by atoms with E-state index in [1.165, 1.54) is 48.7 Å². The molecule has 6 radical (unpaired) electrons. The van der Waals surface area contributed by atoms with Crippen LogP contribution in [-0.4, -0.2) is 68.4 Å². The van der Waals surface area contributed by atoms with Crippen molar-refractivity contribution >= 4 is 96.3 Å². The van der Waals surface area contributed by atoms with E-state index in [-0.39, 0.29) is 14.6 Å². The molecule has 0 aromatic rings. The molecule has 146 valence electrons. The zero-order valence-electron chi connectivity index (χ0n) is 15.3. The number of hydrogen-bond acceptors (Lipinski definition) is 6. The summed E-state index contributed by atoms with van der Waals surface area (Å²) in [5, 5.41) is 0. The monoisotopic (exact) mass is 648 g/mol. The van der Waals surface area contributed by atoms with Crippen LogP contribution in [0.3, 0.4) is 0 Å². The quantitative estimate of drug-likeness (QED) is 0.210. The second-order valence-electron chi connectivity index (χ2n) is 5.43. The zero-order chi connectivity index (χ0) is 18.2. The van der Waals surface area contributed by atoms with Crippen molar-refractivity contribution < 1.29 is 14.2 Å². The van der Waals surface area contributed by atoms with Crippen molar-refractivity contribution in [3.8, 4) is 0 Å². The van der Waals surface area contributed by atoms with Gasteiger partial charge in [-0.25, -0.2) is 0 Å². The molecule has 4 nitrogen and oxygen atoms in total. The summed E-state index contributed by atoms with van der Waals surface area (Å²) in [7, 11) is 4.77. The van der Waals surface area contributed by atoms with Gasteiger partial charge in [-0.05, 0) is 0 Å². The topological polar surface area (TPSA) is 36.9 Å². The first-order valence-electron chi connectivity index (χ1n) is 8.67. The normalized spacial score (nSPS) is 25.2. The second-order valence-corrected chi connectivity index (χ2v) is 37.4. The Balaban J connectivity index is 2.08. The van der Waals surface area contributed by atoms with Gasteiger partial charge < -0.3 is 0 Å². The van der Waals surface area contributed by atoms with Crippen LogP contribution in [0.25, 0.3) is 0 Å².